The summed E-state index contributed by atoms with van der Waals surface area (Å²) >= 11 is 0. The lowest BCUT2D eigenvalue weighted by Gasteiger charge is -2.10. The van der Waals surface area contributed by atoms with Crippen molar-refractivity contribution in [3.8, 4) is 0 Å². The van der Waals surface area contributed by atoms with Crippen molar-refractivity contribution < 1.29 is 0 Å². The summed E-state index contributed by atoms with van der Waals surface area (Å²) in [6.45, 7) is 26.3. The molecular formula is C24H39. The highest BCUT2D eigenvalue weighted by Gasteiger charge is 2.01. The summed E-state index contributed by atoms with van der Waals surface area (Å²) in [5.74, 6) is 0. The second kappa shape index (κ2) is 19.3. The molecule has 0 bridgehead atoms. The van der Waals surface area contributed by atoms with Crippen molar-refractivity contribution in [3.63, 3.8) is 0 Å². The van der Waals surface area contributed by atoms with Crippen LogP contribution in [0.2, 0.25) is 0 Å². The average Bonchev–Trinajstić information content (AvgIpc) is 2.56. The molecule has 0 saturated carbocycles. The van der Waals surface area contributed by atoms with Crippen molar-refractivity contribution in [2.45, 2.75) is 67.7 Å². The highest BCUT2D eigenvalue weighted by molar-refractivity contribution is 5.49. The quantitative estimate of drug-likeness (QED) is 0.389. The van der Waals surface area contributed by atoms with E-state index in [1.54, 1.807) is 6.08 Å². The lowest BCUT2D eigenvalue weighted by molar-refractivity contribution is 0.542. The molecule has 0 spiro atoms. The van der Waals surface area contributed by atoms with E-state index in [9.17, 15) is 0 Å². The number of hydrogen-bond donors (Lipinski definition) is 0. The summed E-state index contributed by atoms with van der Waals surface area (Å²) in [4.78, 5) is 0. The molecule has 0 aliphatic heterocycles. The van der Waals surface area contributed by atoms with Crippen LogP contribution in [-0.2, 0) is 6.42 Å². The van der Waals surface area contributed by atoms with Crippen LogP contribution in [0.15, 0.2) is 55.3 Å². The van der Waals surface area contributed by atoms with E-state index >= 15 is 0 Å². The van der Waals surface area contributed by atoms with E-state index in [-0.39, 0.29) is 0 Å². The van der Waals surface area contributed by atoms with Gasteiger partial charge < -0.3 is 0 Å². The van der Waals surface area contributed by atoms with Gasteiger partial charge in [0.1, 0.15) is 0 Å². The fourth-order valence-corrected chi connectivity index (χ4v) is 1.47. The molecule has 0 N–H and O–H groups in total. The Labute approximate surface area is 152 Å². The van der Waals surface area contributed by atoms with Crippen LogP contribution in [0.4, 0.5) is 0 Å². The van der Waals surface area contributed by atoms with Gasteiger partial charge in [0, 0.05) is 0 Å². The predicted octanol–water partition coefficient (Wildman–Crippen LogP) is 8.07. The zero-order valence-electron chi connectivity index (χ0n) is 17.2. The van der Waals surface area contributed by atoms with Crippen LogP contribution >= 0.6 is 0 Å². The standard InChI is InChI=1S/C11H11.C8H16.C3H8.C2H4/c1-3-6-11-8-5-7-10(4-2)9-11;1-5-6-7-8(2,3)4;1-3-2;1-2/h1,5-9H,4H2,2H3;6-7H,5H2,1-4H3;3H2,1-2H3;1-2H2/b;7-6+;;. The maximum atomic E-state index is 5.15. The van der Waals surface area contributed by atoms with E-state index in [0.29, 0.717) is 5.41 Å². The molecule has 0 fully saturated rings. The zero-order valence-corrected chi connectivity index (χ0v) is 17.2. The minimum Gasteiger partial charge on any atom is -0.120 e. The van der Waals surface area contributed by atoms with E-state index in [2.05, 4.69) is 91.6 Å². The molecule has 1 rings (SSSR count). The third-order valence-corrected chi connectivity index (χ3v) is 2.46. The average molecular weight is 328 g/mol. The first-order valence-corrected chi connectivity index (χ1v) is 8.90. The van der Waals surface area contributed by atoms with Gasteiger partial charge in [-0.2, -0.15) is 0 Å². The molecule has 0 saturated heterocycles. The molecule has 135 valence electrons. The number of allylic oxidation sites excluding steroid dienone is 2. The molecule has 0 atom stereocenters. The predicted molar refractivity (Wildman–Crippen MR) is 114 cm³/mol. The van der Waals surface area contributed by atoms with Gasteiger partial charge in [-0.1, -0.05) is 91.3 Å². The largest absolute Gasteiger partial charge is 0.120 e. The van der Waals surface area contributed by atoms with Gasteiger partial charge in [-0.05, 0) is 42.0 Å². The molecule has 0 aliphatic carbocycles. The highest BCUT2D eigenvalue weighted by atomic mass is 14.1. The Morgan fingerprint density at radius 3 is 1.96 bits per heavy atom. The summed E-state index contributed by atoms with van der Waals surface area (Å²) in [7, 11) is 0. The monoisotopic (exact) mass is 327 g/mol. The Morgan fingerprint density at radius 2 is 1.62 bits per heavy atom. The molecule has 1 aromatic rings. The van der Waals surface area contributed by atoms with Gasteiger partial charge in [0.15, 0.2) is 0 Å². The molecule has 0 aromatic heterocycles. The van der Waals surface area contributed by atoms with E-state index in [1.165, 1.54) is 12.0 Å². The van der Waals surface area contributed by atoms with Crippen LogP contribution in [-0.4, -0.2) is 0 Å². The lowest BCUT2D eigenvalue weighted by Crippen LogP contribution is -1.97. The van der Waals surface area contributed by atoms with Crippen molar-refractivity contribution in [1.29, 1.82) is 0 Å². The zero-order chi connectivity index (χ0) is 19.4. The Morgan fingerprint density at radius 1 is 1.08 bits per heavy atom. The van der Waals surface area contributed by atoms with E-state index < -0.39 is 0 Å². The van der Waals surface area contributed by atoms with Crippen LogP contribution in [0, 0.1) is 12.0 Å². The number of benzene rings is 1. The number of aryl methyl sites for hydroxylation is 1. The molecule has 0 heterocycles. The summed E-state index contributed by atoms with van der Waals surface area (Å²) in [5, 5.41) is 0. The number of hydrogen-bond acceptors (Lipinski definition) is 0. The Balaban J connectivity index is -0.000000299. The second-order valence-electron chi connectivity index (χ2n) is 6.29. The molecule has 0 aliphatic rings. The van der Waals surface area contributed by atoms with E-state index in [4.69, 9.17) is 6.58 Å². The molecular weight excluding hydrogens is 288 g/mol. The minimum atomic E-state index is 0.371. The van der Waals surface area contributed by atoms with Crippen molar-refractivity contribution >= 4 is 6.08 Å². The van der Waals surface area contributed by atoms with Crippen LogP contribution < -0.4 is 0 Å². The first-order valence-electron chi connectivity index (χ1n) is 8.90. The highest BCUT2D eigenvalue weighted by Crippen LogP contribution is 2.14. The molecule has 0 amide bonds. The SMILES string of the molecule is C=C.CC/C=C/C(C)(C)C.CCC.[CH]=C=Cc1cccc(CC)c1. The van der Waals surface area contributed by atoms with Crippen LogP contribution in [0.1, 0.15) is 72.4 Å². The van der Waals surface area contributed by atoms with Gasteiger partial charge in [-0.3, -0.25) is 0 Å². The second-order valence-corrected chi connectivity index (χ2v) is 6.29. The molecule has 24 heavy (non-hydrogen) atoms. The summed E-state index contributed by atoms with van der Waals surface area (Å²) in [5.41, 5.74) is 5.33. The van der Waals surface area contributed by atoms with Crippen LogP contribution in [0.3, 0.4) is 0 Å². The molecule has 0 unspecified atom stereocenters. The fraction of sp³-hybridized carbons (Fsp3) is 0.458. The third-order valence-electron chi connectivity index (χ3n) is 2.46. The first kappa shape index (κ1) is 27.1. The Hall–Kier alpha value is -1.78. The van der Waals surface area contributed by atoms with Crippen LogP contribution in [0.25, 0.3) is 6.08 Å². The first-order chi connectivity index (χ1) is 11.3. The summed E-state index contributed by atoms with van der Waals surface area (Å²) in [6, 6.07) is 8.26. The van der Waals surface area contributed by atoms with E-state index in [0.717, 1.165) is 18.4 Å². The van der Waals surface area contributed by atoms with Gasteiger partial charge in [-0.25, -0.2) is 0 Å². The normalized spacial score (nSPS) is 9.29. The molecule has 1 radical (unpaired) electrons. The maximum absolute atomic E-state index is 5.15. The number of rotatable bonds is 3. The maximum Gasteiger partial charge on any atom is -0.0122 e. The Kier molecular flexibility index (Phi) is 21.7. The third kappa shape index (κ3) is 22.5. The molecule has 0 nitrogen and oxygen atoms in total. The smallest absolute Gasteiger partial charge is 0.0122 e. The minimum absolute atomic E-state index is 0.371. The van der Waals surface area contributed by atoms with E-state index in [1.807, 2.05) is 12.1 Å². The van der Waals surface area contributed by atoms with Gasteiger partial charge in [0.05, 0.1) is 0 Å². The summed E-state index contributed by atoms with van der Waals surface area (Å²) < 4.78 is 0. The lowest BCUT2D eigenvalue weighted by atomic mass is 9.96. The van der Waals surface area contributed by atoms with Crippen molar-refractivity contribution in [2.24, 2.45) is 5.41 Å². The van der Waals surface area contributed by atoms with Gasteiger partial charge in [0.25, 0.3) is 0 Å². The Bertz CT molecular complexity index is 451. The van der Waals surface area contributed by atoms with Gasteiger partial charge >= 0.3 is 0 Å². The molecule has 0 heteroatoms. The summed E-state index contributed by atoms with van der Waals surface area (Å²) in [6.07, 6.45) is 9.69. The molecule has 1 aromatic carbocycles. The topological polar surface area (TPSA) is 0 Å². The van der Waals surface area contributed by atoms with Gasteiger partial charge in [0.2, 0.25) is 0 Å². The van der Waals surface area contributed by atoms with Crippen LogP contribution in [0.5, 0.6) is 0 Å². The van der Waals surface area contributed by atoms with Crippen molar-refractivity contribution in [2.75, 3.05) is 0 Å². The van der Waals surface area contributed by atoms with Crippen molar-refractivity contribution in [1.82, 2.24) is 0 Å². The fourth-order valence-electron chi connectivity index (χ4n) is 1.47. The van der Waals surface area contributed by atoms with Gasteiger partial charge in [-0.15, -0.1) is 18.9 Å². The van der Waals surface area contributed by atoms with Crippen molar-refractivity contribution in [3.05, 3.63) is 73.0 Å².